The molecule has 0 amide bonds. The Balaban J connectivity index is 3.29. The van der Waals surface area contributed by atoms with Crippen LogP contribution in [0, 0.1) is 0 Å². The molecule has 1 rings (SSSR count). The summed E-state index contributed by atoms with van der Waals surface area (Å²) in [5.41, 5.74) is -1.96. The van der Waals surface area contributed by atoms with Crippen molar-refractivity contribution in [2.75, 3.05) is 7.11 Å². The van der Waals surface area contributed by atoms with Crippen LogP contribution < -0.4 is 0 Å². The van der Waals surface area contributed by atoms with Crippen molar-refractivity contribution in [2.24, 2.45) is 0 Å². The van der Waals surface area contributed by atoms with E-state index in [0.717, 1.165) is 7.11 Å². The third-order valence-electron chi connectivity index (χ3n) is 1.83. The van der Waals surface area contributed by atoms with Gasteiger partial charge in [0.25, 0.3) is 0 Å². The minimum Gasteiger partial charge on any atom is -0.493 e. The van der Waals surface area contributed by atoms with Crippen LogP contribution in [0.15, 0.2) is 23.2 Å². The highest BCUT2D eigenvalue weighted by atomic mass is 19.4. The Bertz CT molecular complexity index is 316. The van der Waals surface area contributed by atoms with E-state index in [-0.39, 0.29) is 6.08 Å². The lowest BCUT2D eigenvalue weighted by Crippen LogP contribution is -2.32. The Labute approximate surface area is 81.0 Å². The van der Waals surface area contributed by atoms with Gasteiger partial charge in [0, 0.05) is 0 Å². The molecule has 0 radical (unpaired) electrons. The maximum absolute atomic E-state index is 12.9. The Morgan fingerprint density at radius 2 is 1.80 bits per heavy atom. The van der Waals surface area contributed by atoms with Crippen LogP contribution in [0.1, 0.15) is 0 Å². The second kappa shape index (κ2) is 3.79. The highest BCUT2D eigenvalue weighted by Crippen LogP contribution is 2.40. The van der Waals surface area contributed by atoms with E-state index in [1.54, 1.807) is 0 Å². The van der Waals surface area contributed by atoms with Gasteiger partial charge in [-0.05, 0) is 6.08 Å². The number of alkyl halides is 5. The molecule has 0 saturated carbocycles. The molecule has 2 unspecified atom stereocenters. The molecule has 0 aromatic rings. The molecule has 0 aliphatic heterocycles. The summed E-state index contributed by atoms with van der Waals surface area (Å²) in [6.07, 6.45) is -10.7. The molecule has 86 valence electrons. The number of halogens is 6. The molecule has 0 spiro atoms. The third kappa shape index (κ3) is 2.10. The molecule has 2 atom stereocenters. The largest absolute Gasteiger partial charge is 0.493 e. The Morgan fingerprint density at radius 3 is 2.20 bits per heavy atom. The van der Waals surface area contributed by atoms with Crippen molar-refractivity contribution in [2.45, 2.75) is 18.5 Å². The number of hydrogen-bond donors (Lipinski definition) is 0. The lowest BCUT2D eigenvalue weighted by atomic mass is 9.98. The quantitative estimate of drug-likeness (QED) is 0.631. The lowest BCUT2D eigenvalue weighted by molar-refractivity contribution is -0.107. The van der Waals surface area contributed by atoms with Gasteiger partial charge < -0.3 is 4.74 Å². The molecule has 0 heterocycles. The fourth-order valence-electron chi connectivity index (χ4n) is 1.21. The summed E-state index contributed by atoms with van der Waals surface area (Å²) in [6.45, 7) is 0. The van der Waals surface area contributed by atoms with Crippen LogP contribution in [0.25, 0.3) is 0 Å². The van der Waals surface area contributed by atoms with Crippen LogP contribution in [-0.2, 0) is 4.74 Å². The monoisotopic (exact) mass is 232 g/mol. The maximum Gasteiger partial charge on any atom is 0.419 e. The minimum absolute atomic E-state index is 0.110. The van der Waals surface area contributed by atoms with Gasteiger partial charge in [0.15, 0.2) is 23.9 Å². The predicted molar refractivity (Wildman–Crippen MR) is 39.1 cm³/mol. The zero-order valence-electron chi connectivity index (χ0n) is 7.41. The molecule has 1 aliphatic rings. The van der Waals surface area contributed by atoms with Gasteiger partial charge in [0.1, 0.15) is 5.57 Å². The fourth-order valence-corrected chi connectivity index (χ4v) is 1.21. The summed E-state index contributed by atoms with van der Waals surface area (Å²) in [5, 5.41) is 0. The number of rotatable bonds is 1. The van der Waals surface area contributed by atoms with Gasteiger partial charge in [-0.2, -0.15) is 13.2 Å². The molecule has 7 heteroatoms. The Morgan fingerprint density at radius 1 is 1.27 bits per heavy atom. The van der Waals surface area contributed by atoms with Gasteiger partial charge in [-0.15, -0.1) is 0 Å². The zero-order chi connectivity index (χ0) is 11.8. The van der Waals surface area contributed by atoms with Gasteiger partial charge in [-0.1, -0.05) is 0 Å². The van der Waals surface area contributed by atoms with E-state index >= 15 is 0 Å². The number of methoxy groups -OCH3 is 1. The van der Waals surface area contributed by atoms with Crippen LogP contribution in [0.4, 0.5) is 26.3 Å². The van der Waals surface area contributed by atoms with E-state index in [2.05, 4.69) is 4.74 Å². The smallest absolute Gasteiger partial charge is 0.419 e. The van der Waals surface area contributed by atoms with Gasteiger partial charge in [-0.3, -0.25) is 0 Å². The van der Waals surface area contributed by atoms with Gasteiger partial charge in [0.05, 0.1) is 7.11 Å². The lowest BCUT2D eigenvalue weighted by Gasteiger charge is -2.23. The summed E-state index contributed by atoms with van der Waals surface area (Å²) in [5.74, 6) is -2.85. The predicted octanol–water partition coefficient (Wildman–Crippen LogP) is 2.99. The van der Waals surface area contributed by atoms with E-state index in [1.165, 1.54) is 0 Å². The van der Waals surface area contributed by atoms with Crippen molar-refractivity contribution in [1.29, 1.82) is 0 Å². The van der Waals surface area contributed by atoms with Crippen molar-refractivity contribution in [3.63, 3.8) is 0 Å². The van der Waals surface area contributed by atoms with Crippen LogP contribution in [0.5, 0.6) is 0 Å². The van der Waals surface area contributed by atoms with E-state index in [0.29, 0.717) is 0 Å². The summed E-state index contributed by atoms with van der Waals surface area (Å²) < 4.78 is 79.1. The van der Waals surface area contributed by atoms with Crippen LogP contribution in [-0.4, -0.2) is 25.6 Å². The summed E-state index contributed by atoms with van der Waals surface area (Å²) in [7, 11) is 0.750. The standard InChI is InChI=1S/C8H6F6O/c1-15-7-4(10)2-3(9)6(11)5(7)8(12,13)14/h2-3,6H,1H3. The number of ether oxygens (including phenoxy) is 1. The Kier molecular flexibility index (Phi) is 3.01. The molecule has 0 bridgehead atoms. The van der Waals surface area contributed by atoms with E-state index in [4.69, 9.17) is 0 Å². The van der Waals surface area contributed by atoms with Crippen molar-refractivity contribution >= 4 is 0 Å². The van der Waals surface area contributed by atoms with Gasteiger partial charge >= 0.3 is 6.18 Å². The van der Waals surface area contributed by atoms with Crippen LogP contribution in [0.2, 0.25) is 0 Å². The zero-order valence-corrected chi connectivity index (χ0v) is 7.41. The summed E-state index contributed by atoms with van der Waals surface area (Å²) >= 11 is 0. The Hall–Kier alpha value is -1.14. The highest BCUT2D eigenvalue weighted by molar-refractivity contribution is 5.37. The van der Waals surface area contributed by atoms with Gasteiger partial charge in [-0.25, -0.2) is 13.2 Å². The molecule has 0 fully saturated rings. The second-order valence-electron chi connectivity index (χ2n) is 2.81. The summed E-state index contributed by atoms with van der Waals surface area (Å²) in [6, 6.07) is 0. The average molecular weight is 232 g/mol. The maximum atomic E-state index is 12.9. The average Bonchev–Trinajstić information content (AvgIpc) is 2.08. The molecule has 15 heavy (non-hydrogen) atoms. The van der Waals surface area contributed by atoms with Crippen LogP contribution in [0.3, 0.4) is 0 Å². The van der Waals surface area contributed by atoms with Crippen molar-refractivity contribution in [3.05, 3.63) is 23.2 Å². The van der Waals surface area contributed by atoms with Gasteiger partial charge in [0.2, 0.25) is 0 Å². The molecule has 0 saturated heterocycles. The molecular formula is C8H6F6O. The first-order valence-corrected chi connectivity index (χ1v) is 3.80. The molecular weight excluding hydrogens is 226 g/mol. The first-order valence-electron chi connectivity index (χ1n) is 3.80. The van der Waals surface area contributed by atoms with E-state index in [9.17, 15) is 26.3 Å². The molecule has 0 aromatic carbocycles. The number of allylic oxidation sites excluding steroid dienone is 3. The first-order chi connectivity index (χ1) is 6.79. The van der Waals surface area contributed by atoms with Crippen molar-refractivity contribution < 1.29 is 31.1 Å². The highest BCUT2D eigenvalue weighted by Gasteiger charge is 2.48. The van der Waals surface area contributed by atoms with Crippen LogP contribution >= 0.6 is 0 Å². The minimum atomic E-state index is -5.17. The second-order valence-corrected chi connectivity index (χ2v) is 2.81. The van der Waals surface area contributed by atoms with E-state index < -0.39 is 35.7 Å². The topological polar surface area (TPSA) is 9.23 Å². The van der Waals surface area contributed by atoms with E-state index in [1.807, 2.05) is 0 Å². The molecule has 1 aliphatic carbocycles. The molecule has 0 N–H and O–H groups in total. The third-order valence-corrected chi connectivity index (χ3v) is 1.83. The SMILES string of the molecule is COC1=C(C(F)(F)F)C(F)C(F)C=C1F. The van der Waals surface area contributed by atoms with Crippen molar-refractivity contribution in [1.82, 2.24) is 0 Å². The fraction of sp³-hybridized carbons (Fsp3) is 0.500. The normalized spacial score (nSPS) is 27.8. The first kappa shape index (κ1) is 11.9. The number of hydrogen-bond acceptors (Lipinski definition) is 1. The molecule has 1 nitrogen and oxygen atoms in total. The van der Waals surface area contributed by atoms with Crippen molar-refractivity contribution in [3.8, 4) is 0 Å². The molecule has 0 aromatic heterocycles. The summed E-state index contributed by atoms with van der Waals surface area (Å²) in [4.78, 5) is 0.